The highest BCUT2D eigenvalue weighted by molar-refractivity contribution is 5.87. The second kappa shape index (κ2) is 9.08. The van der Waals surface area contributed by atoms with E-state index in [1.807, 2.05) is 6.07 Å². The van der Waals surface area contributed by atoms with E-state index in [4.69, 9.17) is 14.7 Å². The van der Waals surface area contributed by atoms with E-state index in [-0.39, 0.29) is 18.2 Å². The third-order valence-electron chi connectivity index (χ3n) is 2.47. The summed E-state index contributed by atoms with van der Waals surface area (Å²) < 4.78 is 10.8. The number of nitriles is 1. The SMILES string of the molecule is N#CCCOCC1CCC(NC(=O)/C=C\NC=O)O1. The first-order chi connectivity index (χ1) is 9.26. The number of carbonyl (C=O) groups excluding carboxylic acids is 2. The normalized spacial score (nSPS) is 22.1. The van der Waals surface area contributed by atoms with Crippen LogP contribution >= 0.6 is 0 Å². The summed E-state index contributed by atoms with van der Waals surface area (Å²) in [6.45, 7) is 0.823. The first kappa shape index (κ1) is 15.1. The van der Waals surface area contributed by atoms with Gasteiger partial charge in [-0.15, -0.1) is 0 Å². The van der Waals surface area contributed by atoms with Gasteiger partial charge in [-0.3, -0.25) is 9.59 Å². The van der Waals surface area contributed by atoms with E-state index < -0.39 is 0 Å². The van der Waals surface area contributed by atoms with Gasteiger partial charge >= 0.3 is 0 Å². The van der Waals surface area contributed by atoms with Gasteiger partial charge in [0.25, 0.3) is 0 Å². The van der Waals surface area contributed by atoms with Crippen LogP contribution in [0.5, 0.6) is 0 Å². The maximum atomic E-state index is 11.4. The molecule has 0 aromatic rings. The molecule has 0 aromatic heterocycles. The molecule has 2 amide bonds. The molecule has 7 nitrogen and oxygen atoms in total. The molecule has 104 valence electrons. The third-order valence-corrected chi connectivity index (χ3v) is 2.47. The van der Waals surface area contributed by atoms with Crippen LogP contribution in [0.3, 0.4) is 0 Å². The minimum Gasteiger partial charge on any atom is -0.378 e. The summed E-state index contributed by atoms with van der Waals surface area (Å²) in [5.41, 5.74) is 0. The minimum atomic E-state index is -0.335. The summed E-state index contributed by atoms with van der Waals surface area (Å²) in [7, 11) is 0. The van der Waals surface area contributed by atoms with Gasteiger partial charge in [0, 0.05) is 12.3 Å². The molecule has 2 atom stereocenters. The van der Waals surface area contributed by atoms with Crippen molar-refractivity contribution in [3.05, 3.63) is 12.3 Å². The van der Waals surface area contributed by atoms with Gasteiger partial charge in [0.15, 0.2) is 0 Å². The van der Waals surface area contributed by atoms with Crippen LogP contribution in [0, 0.1) is 11.3 Å². The zero-order chi connectivity index (χ0) is 13.9. The summed E-state index contributed by atoms with van der Waals surface area (Å²) in [6.07, 6.45) is 4.43. The molecule has 1 saturated heterocycles. The van der Waals surface area contributed by atoms with Crippen LogP contribution in [0.4, 0.5) is 0 Å². The van der Waals surface area contributed by atoms with Crippen molar-refractivity contribution in [2.75, 3.05) is 13.2 Å². The zero-order valence-electron chi connectivity index (χ0n) is 10.5. The van der Waals surface area contributed by atoms with Crippen molar-refractivity contribution in [1.29, 1.82) is 5.26 Å². The largest absolute Gasteiger partial charge is 0.378 e. The predicted molar refractivity (Wildman–Crippen MR) is 65.4 cm³/mol. The topological polar surface area (TPSA) is 100 Å². The molecule has 1 aliphatic heterocycles. The van der Waals surface area contributed by atoms with Crippen molar-refractivity contribution >= 4 is 12.3 Å². The molecule has 0 saturated carbocycles. The van der Waals surface area contributed by atoms with Crippen LogP contribution in [0.1, 0.15) is 19.3 Å². The number of ether oxygens (including phenoxy) is 2. The van der Waals surface area contributed by atoms with Crippen LogP contribution in [0.2, 0.25) is 0 Å². The van der Waals surface area contributed by atoms with Gasteiger partial charge in [0.1, 0.15) is 6.23 Å². The van der Waals surface area contributed by atoms with Crippen LogP contribution in [0.15, 0.2) is 12.3 Å². The molecular formula is C12H17N3O4. The molecule has 0 bridgehead atoms. The molecule has 2 unspecified atom stereocenters. The van der Waals surface area contributed by atoms with Crippen molar-refractivity contribution < 1.29 is 19.1 Å². The molecular weight excluding hydrogens is 250 g/mol. The number of amides is 2. The Balaban J connectivity index is 2.15. The fraction of sp³-hybridized carbons (Fsp3) is 0.583. The summed E-state index contributed by atoms with van der Waals surface area (Å²) in [5.74, 6) is -0.328. The Labute approximate surface area is 111 Å². The minimum absolute atomic E-state index is 0.0546. The summed E-state index contributed by atoms with van der Waals surface area (Å²) in [6, 6.07) is 1.99. The van der Waals surface area contributed by atoms with Gasteiger partial charge < -0.3 is 20.1 Å². The van der Waals surface area contributed by atoms with E-state index in [9.17, 15) is 9.59 Å². The molecule has 19 heavy (non-hydrogen) atoms. The van der Waals surface area contributed by atoms with Gasteiger partial charge in [0.05, 0.1) is 31.8 Å². The molecule has 7 heteroatoms. The predicted octanol–water partition coefficient (Wildman–Crippen LogP) is -0.202. The molecule has 0 aromatic carbocycles. The van der Waals surface area contributed by atoms with Gasteiger partial charge in [-0.2, -0.15) is 5.26 Å². The molecule has 1 heterocycles. The average molecular weight is 267 g/mol. The molecule has 1 fully saturated rings. The molecule has 0 aliphatic carbocycles. The molecule has 1 aliphatic rings. The van der Waals surface area contributed by atoms with E-state index in [1.54, 1.807) is 0 Å². The van der Waals surface area contributed by atoms with Gasteiger partial charge in [-0.05, 0) is 12.8 Å². The lowest BCUT2D eigenvalue weighted by atomic mass is 10.2. The van der Waals surface area contributed by atoms with E-state index in [0.29, 0.717) is 32.5 Å². The van der Waals surface area contributed by atoms with Crippen LogP contribution < -0.4 is 10.6 Å². The average Bonchev–Trinajstić information content (AvgIpc) is 2.82. The molecule has 0 radical (unpaired) electrons. The number of nitrogens with one attached hydrogen (secondary N) is 2. The van der Waals surface area contributed by atoms with Crippen molar-refractivity contribution in [1.82, 2.24) is 10.6 Å². The Kier molecular flexibility index (Phi) is 7.24. The number of rotatable bonds is 8. The Morgan fingerprint density at radius 1 is 1.53 bits per heavy atom. The maximum absolute atomic E-state index is 11.4. The van der Waals surface area contributed by atoms with Crippen molar-refractivity contribution in [2.24, 2.45) is 0 Å². The van der Waals surface area contributed by atoms with Gasteiger partial charge in [0.2, 0.25) is 12.3 Å². The summed E-state index contributed by atoms with van der Waals surface area (Å²) in [5, 5.41) is 13.2. The highest BCUT2D eigenvalue weighted by Gasteiger charge is 2.25. The fourth-order valence-electron chi connectivity index (χ4n) is 1.64. The third kappa shape index (κ3) is 6.55. The molecule has 2 N–H and O–H groups in total. The van der Waals surface area contributed by atoms with Crippen molar-refractivity contribution in [2.45, 2.75) is 31.6 Å². The Bertz CT molecular complexity index is 364. The first-order valence-electron chi connectivity index (χ1n) is 6.03. The highest BCUT2D eigenvalue weighted by atomic mass is 16.5. The van der Waals surface area contributed by atoms with E-state index in [2.05, 4.69) is 10.6 Å². The lowest BCUT2D eigenvalue weighted by Gasteiger charge is -2.14. The molecule has 0 spiro atoms. The van der Waals surface area contributed by atoms with Crippen molar-refractivity contribution in [3.63, 3.8) is 0 Å². The van der Waals surface area contributed by atoms with Crippen LogP contribution in [0.25, 0.3) is 0 Å². The van der Waals surface area contributed by atoms with Crippen molar-refractivity contribution in [3.8, 4) is 6.07 Å². The Hall–Kier alpha value is -1.91. The van der Waals surface area contributed by atoms with Gasteiger partial charge in [-0.25, -0.2) is 0 Å². The summed E-state index contributed by atoms with van der Waals surface area (Å²) in [4.78, 5) is 21.3. The Morgan fingerprint density at radius 3 is 3.11 bits per heavy atom. The van der Waals surface area contributed by atoms with E-state index >= 15 is 0 Å². The van der Waals surface area contributed by atoms with Crippen LogP contribution in [-0.4, -0.2) is 37.9 Å². The first-order valence-corrected chi connectivity index (χ1v) is 6.03. The standard InChI is InChI=1S/C12H17N3O4/c13-5-1-7-18-8-10-2-3-12(19-10)15-11(17)4-6-14-9-16/h4,6,9-10,12H,1-3,7-8H2,(H,14,16)(H,15,17)/b6-4-. The monoisotopic (exact) mass is 267 g/mol. The van der Waals surface area contributed by atoms with E-state index in [0.717, 1.165) is 6.42 Å². The second-order valence-electron chi connectivity index (χ2n) is 3.93. The number of hydrogen-bond donors (Lipinski definition) is 2. The maximum Gasteiger partial charge on any atom is 0.247 e. The number of nitrogens with zero attached hydrogens (tertiary/aromatic N) is 1. The number of carbonyl (C=O) groups is 2. The quantitative estimate of drug-likeness (QED) is 0.360. The zero-order valence-corrected chi connectivity index (χ0v) is 10.5. The fourth-order valence-corrected chi connectivity index (χ4v) is 1.64. The Morgan fingerprint density at radius 2 is 2.37 bits per heavy atom. The summed E-state index contributed by atoms with van der Waals surface area (Å²) >= 11 is 0. The smallest absolute Gasteiger partial charge is 0.247 e. The molecule has 1 rings (SSSR count). The lowest BCUT2D eigenvalue weighted by molar-refractivity contribution is -0.121. The lowest BCUT2D eigenvalue weighted by Crippen LogP contribution is -2.34. The van der Waals surface area contributed by atoms with Crippen LogP contribution in [-0.2, 0) is 19.1 Å². The number of hydrogen-bond acceptors (Lipinski definition) is 5. The second-order valence-corrected chi connectivity index (χ2v) is 3.93. The highest BCUT2D eigenvalue weighted by Crippen LogP contribution is 2.18. The van der Waals surface area contributed by atoms with Gasteiger partial charge in [-0.1, -0.05) is 0 Å². The van der Waals surface area contributed by atoms with E-state index in [1.165, 1.54) is 12.3 Å².